The molecule has 0 aromatic heterocycles. The Kier molecular flexibility index (Phi) is 2.28. The zero-order valence-corrected chi connectivity index (χ0v) is 8.20. The minimum atomic E-state index is 1.11. The molecule has 2 aromatic rings. The Morgan fingerprint density at radius 1 is 0.692 bits per heavy atom. The van der Waals surface area contributed by atoms with E-state index in [1.807, 2.05) is 18.2 Å². The standard InChI is InChI=1S/C12H9Si/c13-12-8-4-7-11(9-12)10-5-2-1-3-6-10/h1-9H. The molecule has 0 spiro atoms. The van der Waals surface area contributed by atoms with Crippen molar-refractivity contribution >= 4 is 15.4 Å². The summed E-state index contributed by atoms with van der Waals surface area (Å²) in [6.07, 6.45) is 0. The molecular formula is C12H9Si. The Hall–Kier alpha value is -1.34. The van der Waals surface area contributed by atoms with Gasteiger partial charge in [0.2, 0.25) is 0 Å². The third-order valence-corrected chi connectivity index (χ3v) is 2.28. The van der Waals surface area contributed by atoms with Crippen molar-refractivity contribution in [3.63, 3.8) is 0 Å². The van der Waals surface area contributed by atoms with E-state index >= 15 is 0 Å². The van der Waals surface area contributed by atoms with E-state index in [9.17, 15) is 0 Å². The second-order valence-corrected chi connectivity index (χ2v) is 3.52. The van der Waals surface area contributed by atoms with Crippen LogP contribution in [0.15, 0.2) is 54.6 Å². The first kappa shape index (κ1) is 8.26. The predicted molar refractivity (Wildman–Crippen MR) is 57.3 cm³/mol. The van der Waals surface area contributed by atoms with Gasteiger partial charge in [0.05, 0.1) is 10.2 Å². The fraction of sp³-hybridized carbons (Fsp3) is 0. The molecule has 2 rings (SSSR count). The van der Waals surface area contributed by atoms with Crippen molar-refractivity contribution in [2.75, 3.05) is 0 Å². The first-order valence-corrected chi connectivity index (χ1v) is 4.73. The average molecular weight is 181 g/mol. The maximum absolute atomic E-state index is 3.51. The lowest BCUT2D eigenvalue weighted by Crippen LogP contribution is -1.99. The number of benzene rings is 2. The minimum absolute atomic E-state index is 1.11. The molecule has 0 nitrogen and oxygen atoms in total. The van der Waals surface area contributed by atoms with E-state index < -0.39 is 0 Å². The average Bonchev–Trinajstić information content (AvgIpc) is 2.19. The van der Waals surface area contributed by atoms with Crippen molar-refractivity contribution in [1.82, 2.24) is 0 Å². The normalized spacial score (nSPS) is 9.92. The van der Waals surface area contributed by atoms with Gasteiger partial charge >= 0.3 is 0 Å². The van der Waals surface area contributed by atoms with Gasteiger partial charge < -0.3 is 0 Å². The number of rotatable bonds is 1. The SMILES string of the molecule is [Si]c1cccc(-c2ccccc2)c1. The summed E-state index contributed by atoms with van der Waals surface area (Å²) in [6, 6.07) is 18.7. The quantitative estimate of drug-likeness (QED) is 0.591. The summed E-state index contributed by atoms with van der Waals surface area (Å²) in [4.78, 5) is 0. The molecule has 2 aromatic carbocycles. The largest absolute Gasteiger partial charge is 0.0712 e. The molecule has 0 atom stereocenters. The topological polar surface area (TPSA) is 0 Å². The van der Waals surface area contributed by atoms with Gasteiger partial charge in [-0.3, -0.25) is 0 Å². The summed E-state index contributed by atoms with van der Waals surface area (Å²) in [5.74, 6) is 0. The molecule has 0 heterocycles. The van der Waals surface area contributed by atoms with Crippen LogP contribution in [0, 0.1) is 0 Å². The van der Waals surface area contributed by atoms with Crippen molar-refractivity contribution in [3.8, 4) is 11.1 Å². The third kappa shape index (κ3) is 1.87. The van der Waals surface area contributed by atoms with E-state index in [0.717, 1.165) is 5.19 Å². The fourth-order valence-electron chi connectivity index (χ4n) is 1.33. The summed E-state index contributed by atoms with van der Waals surface area (Å²) in [6.45, 7) is 0. The van der Waals surface area contributed by atoms with Gasteiger partial charge in [-0.1, -0.05) is 59.8 Å². The molecule has 0 aliphatic carbocycles. The summed E-state index contributed by atoms with van der Waals surface area (Å²) in [5.41, 5.74) is 2.50. The first-order valence-electron chi connectivity index (χ1n) is 4.23. The summed E-state index contributed by atoms with van der Waals surface area (Å²) >= 11 is 0. The summed E-state index contributed by atoms with van der Waals surface area (Å²) < 4.78 is 0. The molecule has 0 bridgehead atoms. The van der Waals surface area contributed by atoms with E-state index in [0.29, 0.717) is 0 Å². The monoisotopic (exact) mass is 181 g/mol. The maximum Gasteiger partial charge on any atom is 0.0712 e. The second kappa shape index (κ2) is 3.58. The Balaban J connectivity index is 2.48. The fourth-order valence-corrected chi connectivity index (χ4v) is 1.58. The molecule has 0 saturated heterocycles. The highest BCUT2D eigenvalue weighted by molar-refractivity contribution is 6.32. The molecule has 61 valence electrons. The first-order chi connectivity index (χ1) is 6.36. The second-order valence-electron chi connectivity index (χ2n) is 2.95. The molecule has 0 unspecified atom stereocenters. The van der Waals surface area contributed by atoms with Gasteiger partial charge in [0.1, 0.15) is 0 Å². The lowest BCUT2D eigenvalue weighted by atomic mass is 10.1. The van der Waals surface area contributed by atoms with Crippen molar-refractivity contribution < 1.29 is 0 Å². The Bertz CT molecular complexity index is 393. The van der Waals surface area contributed by atoms with E-state index in [1.54, 1.807) is 0 Å². The Morgan fingerprint density at radius 2 is 1.38 bits per heavy atom. The molecule has 3 radical (unpaired) electrons. The van der Waals surface area contributed by atoms with Gasteiger partial charge in [0.25, 0.3) is 0 Å². The van der Waals surface area contributed by atoms with Crippen LogP contribution in [0.5, 0.6) is 0 Å². The van der Waals surface area contributed by atoms with Crippen LogP contribution in [0.3, 0.4) is 0 Å². The Morgan fingerprint density at radius 3 is 2.08 bits per heavy atom. The van der Waals surface area contributed by atoms with Crippen molar-refractivity contribution in [3.05, 3.63) is 54.6 Å². The van der Waals surface area contributed by atoms with Crippen LogP contribution in [-0.4, -0.2) is 10.2 Å². The van der Waals surface area contributed by atoms with E-state index in [2.05, 4.69) is 46.6 Å². The van der Waals surface area contributed by atoms with Crippen LogP contribution in [0.1, 0.15) is 0 Å². The highest BCUT2D eigenvalue weighted by Gasteiger charge is 1.94. The zero-order chi connectivity index (χ0) is 9.10. The van der Waals surface area contributed by atoms with E-state index in [1.165, 1.54) is 11.1 Å². The predicted octanol–water partition coefficient (Wildman–Crippen LogP) is 2.15. The molecule has 13 heavy (non-hydrogen) atoms. The van der Waals surface area contributed by atoms with Crippen LogP contribution in [0.25, 0.3) is 11.1 Å². The molecule has 0 aliphatic rings. The highest BCUT2D eigenvalue weighted by atomic mass is 28.1. The van der Waals surface area contributed by atoms with E-state index in [4.69, 9.17) is 0 Å². The zero-order valence-electron chi connectivity index (χ0n) is 7.20. The van der Waals surface area contributed by atoms with Gasteiger partial charge in [-0.05, 0) is 11.1 Å². The summed E-state index contributed by atoms with van der Waals surface area (Å²) in [7, 11) is 3.51. The lowest BCUT2D eigenvalue weighted by molar-refractivity contribution is 1.64. The number of hydrogen-bond acceptors (Lipinski definition) is 0. The van der Waals surface area contributed by atoms with Crippen LogP contribution < -0.4 is 5.19 Å². The van der Waals surface area contributed by atoms with Gasteiger partial charge in [-0.25, -0.2) is 0 Å². The van der Waals surface area contributed by atoms with Crippen molar-refractivity contribution in [2.24, 2.45) is 0 Å². The Labute approximate surface area is 81.7 Å². The van der Waals surface area contributed by atoms with Crippen LogP contribution in [0.2, 0.25) is 0 Å². The van der Waals surface area contributed by atoms with Crippen LogP contribution in [-0.2, 0) is 0 Å². The highest BCUT2D eigenvalue weighted by Crippen LogP contribution is 2.16. The maximum atomic E-state index is 3.51. The molecule has 1 heteroatoms. The third-order valence-electron chi connectivity index (χ3n) is 1.97. The van der Waals surface area contributed by atoms with Gasteiger partial charge in [-0.15, -0.1) is 0 Å². The molecule has 0 aliphatic heterocycles. The van der Waals surface area contributed by atoms with Gasteiger partial charge in [-0.2, -0.15) is 0 Å². The molecule has 0 saturated carbocycles. The van der Waals surface area contributed by atoms with Crippen LogP contribution in [0.4, 0.5) is 0 Å². The molecule has 0 amide bonds. The minimum Gasteiger partial charge on any atom is -0.0667 e. The molecular weight excluding hydrogens is 172 g/mol. The number of hydrogen-bond donors (Lipinski definition) is 0. The van der Waals surface area contributed by atoms with Gasteiger partial charge in [0.15, 0.2) is 0 Å². The molecule has 0 N–H and O–H groups in total. The van der Waals surface area contributed by atoms with Crippen molar-refractivity contribution in [1.29, 1.82) is 0 Å². The molecule has 0 fully saturated rings. The van der Waals surface area contributed by atoms with Gasteiger partial charge in [0, 0.05) is 0 Å². The van der Waals surface area contributed by atoms with Crippen molar-refractivity contribution in [2.45, 2.75) is 0 Å². The smallest absolute Gasteiger partial charge is 0.0667 e. The van der Waals surface area contributed by atoms with E-state index in [-0.39, 0.29) is 0 Å². The lowest BCUT2D eigenvalue weighted by Gasteiger charge is -2.01. The van der Waals surface area contributed by atoms with Crippen LogP contribution >= 0.6 is 0 Å². The summed E-state index contributed by atoms with van der Waals surface area (Å²) in [5, 5.41) is 1.11.